The van der Waals surface area contributed by atoms with Crippen molar-refractivity contribution in [3.05, 3.63) is 29.1 Å². The molecule has 1 aromatic carbocycles. The fraction of sp³-hybridized carbons (Fsp3) is 0. The van der Waals surface area contributed by atoms with Crippen molar-refractivity contribution in [3.8, 4) is 0 Å². The maximum absolute atomic E-state index is 12.7. The second-order valence-corrected chi connectivity index (χ2v) is 5.22. The van der Waals surface area contributed by atoms with E-state index in [1.54, 1.807) is 14.2 Å². The van der Waals surface area contributed by atoms with Gasteiger partial charge >= 0.3 is 82.8 Å². The summed E-state index contributed by atoms with van der Waals surface area (Å²) >= 11 is 0.967. The number of benzene rings is 1. The molecule has 0 unspecified atom stereocenters. The van der Waals surface area contributed by atoms with E-state index in [1.165, 1.54) is 0 Å². The van der Waals surface area contributed by atoms with Crippen LogP contribution in [0.1, 0.15) is 0 Å². The molecule has 1 aromatic rings. The van der Waals surface area contributed by atoms with Crippen LogP contribution in [0, 0.1) is 29.1 Å². The number of hydrogen-bond acceptors (Lipinski definition) is 0. The number of halogens is 5. The van der Waals surface area contributed by atoms with E-state index >= 15 is 0 Å². The van der Waals surface area contributed by atoms with Crippen LogP contribution < -0.4 is 4.46 Å². The second-order valence-electron chi connectivity index (χ2n) is 1.99. The summed E-state index contributed by atoms with van der Waals surface area (Å²) < 4.78 is 61.9. The molecule has 0 heterocycles. The van der Waals surface area contributed by atoms with E-state index in [1.807, 2.05) is 0 Å². The Morgan fingerprint density at radius 2 is 1.00 bits per heavy atom. The zero-order valence-corrected chi connectivity index (χ0v) is 9.33. The van der Waals surface area contributed by atoms with Gasteiger partial charge < -0.3 is 0 Å². The summed E-state index contributed by atoms with van der Waals surface area (Å²) in [5.41, 5.74) is 0. The van der Waals surface area contributed by atoms with Crippen molar-refractivity contribution in [2.24, 2.45) is 0 Å². The SMILES string of the molecule is Fc1c(F)c(F)c([Se][SeH])c(F)c1F. The second kappa shape index (κ2) is 3.96. The Hall–Kier alpha value is -0.0910. The molecule has 0 aliphatic heterocycles. The van der Waals surface area contributed by atoms with E-state index in [-0.39, 0.29) is 0 Å². The fourth-order valence-corrected chi connectivity index (χ4v) is 3.12. The molecular weight excluding hydrogens is 325 g/mol. The van der Waals surface area contributed by atoms with Gasteiger partial charge in [-0.1, -0.05) is 0 Å². The van der Waals surface area contributed by atoms with E-state index in [9.17, 15) is 22.0 Å². The van der Waals surface area contributed by atoms with Crippen LogP contribution in [0.25, 0.3) is 0 Å². The van der Waals surface area contributed by atoms with Gasteiger partial charge in [0.25, 0.3) is 0 Å². The van der Waals surface area contributed by atoms with Gasteiger partial charge in [0.15, 0.2) is 0 Å². The average Bonchev–Trinajstić information content (AvgIpc) is 2.13. The molecule has 13 heavy (non-hydrogen) atoms. The Balaban J connectivity index is 3.56. The Morgan fingerprint density at radius 3 is 1.31 bits per heavy atom. The zero-order valence-electron chi connectivity index (χ0n) is 5.75. The molecule has 1 rings (SSSR count). The first kappa shape index (κ1) is 11.0. The normalized spacial score (nSPS) is 10.6. The van der Waals surface area contributed by atoms with Crippen molar-refractivity contribution in [3.63, 3.8) is 0 Å². The third-order valence-electron chi connectivity index (χ3n) is 1.26. The molecule has 0 nitrogen and oxygen atoms in total. The minimum atomic E-state index is -2.12. The molecule has 0 aliphatic carbocycles. The number of rotatable bonds is 1. The molecule has 0 bridgehead atoms. The zero-order chi connectivity index (χ0) is 10.2. The van der Waals surface area contributed by atoms with Gasteiger partial charge in [-0.15, -0.1) is 0 Å². The predicted molar refractivity (Wildman–Crippen MR) is 38.8 cm³/mol. The number of hydrogen-bond donors (Lipinski definition) is 0. The topological polar surface area (TPSA) is 0 Å². The third kappa shape index (κ3) is 1.74. The Morgan fingerprint density at radius 1 is 0.692 bits per heavy atom. The predicted octanol–water partition coefficient (Wildman–Crippen LogP) is 0.527. The molecule has 0 saturated heterocycles. The van der Waals surface area contributed by atoms with Crippen LogP contribution >= 0.6 is 0 Å². The molecule has 0 radical (unpaired) electrons. The van der Waals surface area contributed by atoms with E-state index in [2.05, 4.69) is 0 Å². The molecule has 0 fully saturated rings. The van der Waals surface area contributed by atoms with Crippen molar-refractivity contribution in [2.45, 2.75) is 0 Å². The minimum absolute atomic E-state index is 0.746. The van der Waals surface area contributed by atoms with Gasteiger partial charge in [-0.05, 0) is 0 Å². The Kier molecular flexibility index (Phi) is 3.35. The van der Waals surface area contributed by atoms with E-state index < -0.39 is 46.7 Å². The standard InChI is InChI=1S/C6HF5Se2/c7-1-2(8)4(10)6(13-12)5(11)3(1)9/h12H. The monoisotopic (exact) mass is 328 g/mol. The molecule has 0 aliphatic rings. The van der Waals surface area contributed by atoms with Crippen LogP contribution in [0.4, 0.5) is 22.0 Å². The van der Waals surface area contributed by atoms with Crippen molar-refractivity contribution < 1.29 is 22.0 Å². The Bertz CT molecular complexity index is 322. The van der Waals surface area contributed by atoms with Gasteiger partial charge in [-0.2, -0.15) is 0 Å². The first-order valence-electron chi connectivity index (χ1n) is 2.83. The van der Waals surface area contributed by atoms with Crippen LogP contribution in [0.15, 0.2) is 0 Å². The van der Waals surface area contributed by atoms with Crippen molar-refractivity contribution in [1.29, 1.82) is 0 Å². The van der Waals surface area contributed by atoms with E-state index in [4.69, 9.17) is 0 Å². The van der Waals surface area contributed by atoms with Crippen LogP contribution in [-0.4, -0.2) is 27.3 Å². The molecule has 0 aromatic heterocycles. The van der Waals surface area contributed by atoms with Gasteiger partial charge in [0, 0.05) is 0 Å². The van der Waals surface area contributed by atoms with Crippen LogP contribution in [0.3, 0.4) is 0 Å². The molecule has 0 amide bonds. The van der Waals surface area contributed by atoms with Crippen LogP contribution in [-0.2, 0) is 0 Å². The maximum atomic E-state index is 12.7. The van der Waals surface area contributed by atoms with Crippen molar-refractivity contribution in [2.75, 3.05) is 0 Å². The summed E-state index contributed by atoms with van der Waals surface area (Å²) in [7, 11) is 0. The molecule has 7 heteroatoms. The Labute approximate surface area is 83.0 Å². The van der Waals surface area contributed by atoms with Gasteiger partial charge in [-0.3, -0.25) is 0 Å². The quantitative estimate of drug-likeness (QED) is 0.306. The summed E-state index contributed by atoms with van der Waals surface area (Å²) in [6.07, 6.45) is 0. The van der Waals surface area contributed by atoms with Gasteiger partial charge in [-0.25, -0.2) is 0 Å². The molecular formula is C6HF5Se2. The molecule has 0 saturated carbocycles. The van der Waals surface area contributed by atoms with E-state index in [0.717, 1.165) is 0 Å². The summed E-state index contributed by atoms with van der Waals surface area (Å²) in [6.45, 7) is 0. The summed E-state index contributed by atoms with van der Waals surface area (Å²) in [5.74, 6) is -9.37. The van der Waals surface area contributed by atoms with Gasteiger partial charge in [0.1, 0.15) is 0 Å². The first-order valence-corrected chi connectivity index (χ1v) is 8.44. The molecule has 0 atom stereocenters. The summed E-state index contributed by atoms with van der Waals surface area (Å²) in [4.78, 5) is 0. The molecule has 0 spiro atoms. The van der Waals surface area contributed by atoms with Crippen molar-refractivity contribution in [1.82, 2.24) is 0 Å². The van der Waals surface area contributed by atoms with Gasteiger partial charge in [0.05, 0.1) is 0 Å². The molecule has 0 N–H and O–H groups in total. The average molecular weight is 326 g/mol. The third-order valence-corrected chi connectivity index (χ3v) is 4.39. The fourth-order valence-electron chi connectivity index (χ4n) is 0.665. The first-order chi connectivity index (χ1) is 6.00. The van der Waals surface area contributed by atoms with Crippen LogP contribution in [0.2, 0.25) is 0 Å². The van der Waals surface area contributed by atoms with E-state index in [0.29, 0.717) is 0 Å². The van der Waals surface area contributed by atoms with Gasteiger partial charge in [0.2, 0.25) is 0 Å². The summed E-state index contributed by atoms with van der Waals surface area (Å²) in [5, 5.41) is 0. The van der Waals surface area contributed by atoms with Crippen LogP contribution in [0.5, 0.6) is 0 Å². The molecule has 72 valence electrons. The van der Waals surface area contributed by atoms with Crippen molar-refractivity contribution >= 4 is 31.8 Å². The summed E-state index contributed by atoms with van der Waals surface area (Å²) in [6, 6.07) is 0.